The Kier molecular flexibility index (Phi) is 8.18. The molecule has 0 bridgehead atoms. The van der Waals surface area contributed by atoms with Crippen LogP contribution < -0.4 is 10.6 Å². The van der Waals surface area contributed by atoms with Gasteiger partial charge in [-0.15, -0.1) is 0 Å². The molecule has 3 aromatic heterocycles. The first-order chi connectivity index (χ1) is 19.8. The number of ether oxygens (including phenoxy) is 1. The summed E-state index contributed by atoms with van der Waals surface area (Å²) in [5, 5.41) is 17.2. The summed E-state index contributed by atoms with van der Waals surface area (Å²) >= 11 is 0. The minimum Gasteiger partial charge on any atom is -0.359 e. The Morgan fingerprint density at radius 3 is 2.43 bits per heavy atom. The zero-order chi connectivity index (χ0) is 30.2. The molecular formula is C26H30F5N7O4. The number of alkyl halides is 5. The Balaban J connectivity index is 1.36. The van der Waals surface area contributed by atoms with Gasteiger partial charge in [-0.05, 0) is 68.2 Å². The van der Waals surface area contributed by atoms with Crippen molar-refractivity contribution in [3.05, 3.63) is 41.1 Å². The molecule has 11 nitrogen and oxygen atoms in total. The van der Waals surface area contributed by atoms with E-state index in [1.54, 1.807) is 19.2 Å². The van der Waals surface area contributed by atoms with E-state index in [4.69, 9.17) is 0 Å². The van der Waals surface area contributed by atoms with E-state index in [1.165, 1.54) is 10.7 Å². The number of hydrogen-bond acceptors (Lipinski definition) is 8. The Hall–Kier alpha value is -3.69. The summed E-state index contributed by atoms with van der Waals surface area (Å²) in [6.07, 6.45) is -2.24. The third-order valence-electron chi connectivity index (χ3n) is 7.76. The summed E-state index contributed by atoms with van der Waals surface area (Å²) in [6.45, 7) is 1.63. The van der Waals surface area contributed by atoms with Crippen LogP contribution in [0.2, 0.25) is 0 Å². The van der Waals surface area contributed by atoms with Gasteiger partial charge in [0.15, 0.2) is 17.4 Å². The molecule has 0 saturated heterocycles. The van der Waals surface area contributed by atoms with Crippen molar-refractivity contribution >= 4 is 17.5 Å². The van der Waals surface area contributed by atoms with Gasteiger partial charge in [-0.2, -0.15) is 18.3 Å². The Labute approximate surface area is 236 Å². The molecule has 0 radical (unpaired) electrons. The van der Waals surface area contributed by atoms with Crippen molar-refractivity contribution in [3.63, 3.8) is 0 Å². The van der Waals surface area contributed by atoms with E-state index in [-0.39, 0.29) is 48.9 Å². The highest BCUT2D eigenvalue weighted by atomic mass is 19.4. The van der Waals surface area contributed by atoms with Crippen molar-refractivity contribution in [2.24, 2.45) is 11.8 Å². The molecule has 16 heteroatoms. The van der Waals surface area contributed by atoms with Crippen LogP contribution in [0.4, 0.5) is 22.0 Å². The monoisotopic (exact) mass is 599 g/mol. The van der Waals surface area contributed by atoms with Gasteiger partial charge in [-0.3, -0.25) is 9.59 Å². The van der Waals surface area contributed by atoms with Crippen LogP contribution in [0.3, 0.4) is 0 Å². The highest BCUT2D eigenvalue weighted by Gasteiger charge is 2.40. The normalized spacial score (nSPS) is 19.8. The van der Waals surface area contributed by atoms with E-state index < -0.39 is 48.7 Å². The predicted molar refractivity (Wildman–Crippen MR) is 134 cm³/mol. The van der Waals surface area contributed by atoms with Crippen LogP contribution in [0.15, 0.2) is 23.1 Å². The number of nitrogens with zero attached hydrogens (tertiary/aromatic N) is 5. The fourth-order valence-corrected chi connectivity index (χ4v) is 5.12. The molecule has 42 heavy (non-hydrogen) atoms. The average Bonchev–Trinajstić information content (AvgIpc) is 3.53. The molecule has 3 aromatic rings. The van der Waals surface area contributed by atoms with Crippen molar-refractivity contribution in [2.75, 3.05) is 6.61 Å². The first kappa shape index (κ1) is 29.8. The van der Waals surface area contributed by atoms with Crippen LogP contribution in [0, 0.1) is 18.8 Å². The second-order valence-electron chi connectivity index (χ2n) is 11.0. The van der Waals surface area contributed by atoms with Gasteiger partial charge < -0.3 is 15.4 Å². The smallest absolute Gasteiger partial charge is 0.359 e. The number of imidazole rings is 1. The number of aromatic nitrogens is 5. The van der Waals surface area contributed by atoms with Gasteiger partial charge in [-0.25, -0.2) is 22.9 Å². The number of rotatable bonds is 10. The van der Waals surface area contributed by atoms with E-state index >= 15 is 0 Å². The maximum absolute atomic E-state index is 13.9. The predicted octanol–water partition coefficient (Wildman–Crippen LogP) is 4.25. The van der Waals surface area contributed by atoms with Crippen LogP contribution in [-0.2, 0) is 9.53 Å². The molecule has 2 aliphatic carbocycles. The lowest BCUT2D eigenvalue weighted by atomic mass is 9.81. The van der Waals surface area contributed by atoms with Gasteiger partial charge in [-0.1, -0.05) is 5.16 Å². The zero-order valence-electron chi connectivity index (χ0n) is 22.8. The molecule has 1 unspecified atom stereocenters. The van der Waals surface area contributed by atoms with E-state index in [9.17, 15) is 31.5 Å². The Bertz CT molecular complexity index is 1430. The molecule has 0 aromatic carbocycles. The molecule has 5 rings (SSSR count). The van der Waals surface area contributed by atoms with Gasteiger partial charge in [0.1, 0.15) is 12.3 Å². The molecular weight excluding hydrogens is 569 g/mol. The van der Waals surface area contributed by atoms with Gasteiger partial charge in [0, 0.05) is 12.8 Å². The van der Waals surface area contributed by atoms with Gasteiger partial charge in [0.25, 0.3) is 5.91 Å². The molecule has 2 N–H and O–H groups in total. The lowest BCUT2D eigenvalue weighted by molar-refractivity contribution is -0.213. The van der Waals surface area contributed by atoms with E-state index in [0.29, 0.717) is 16.9 Å². The SMILES string of the molecule is Cc1nonc1C(=O)N[C@H](c1cn2ncc(C(NC(=O)CO[C@H](C)C(F)(F)F)C3CC3)cc2n1)C1CCC(F)(F)CC1. The summed E-state index contributed by atoms with van der Waals surface area (Å²) < 4.78 is 76.9. The summed E-state index contributed by atoms with van der Waals surface area (Å²) in [4.78, 5) is 30.1. The number of hydrogen-bond donors (Lipinski definition) is 2. The Morgan fingerprint density at radius 1 is 1.12 bits per heavy atom. The molecule has 3 heterocycles. The van der Waals surface area contributed by atoms with Crippen molar-refractivity contribution < 1.29 is 40.9 Å². The highest BCUT2D eigenvalue weighted by Crippen LogP contribution is 2.42. The maximum atomic E-state index is 13.9. The fraction of sp³-hybridized carbons (Fsp3) is 0.615. The standard InChI is InChI=1S/C26H30F5N7O4/c1-13-21(37-42-36-13)24(40)35-23(16-5-7-25(27,28)8-6-16)18-11-38-19(33-18)9-17(10-32-38)22(15-3-4-15)34-20(39)12-41-14(2)26(29,30)31/h9-11,14-16,22-23H,3-8,12H2,1-2H3,(H,34,39)(H,35,40)/t14-,22?,23+/m1/s1. The molecule has 2 saturated carbocycles. The Morgan fingerprint density at radius 2 is 1.81 bits per heavy atom. The molecule has 0 spiro atoms. The lowest BCUT2D eigenvalue weighted by Gasteiger charge is -2.33. The second-order valence-corrected chi connectivity index (χ2v) is 11.0. The molecule has 0 aliphatic heterocycles. The van der Waals surface area contributed by atoms with E-state index in [0.717, 1.165) is 19.8 Å². The minimum absolute atomic E-state index is 0.0260. The van der Waals surface area contributed by atoms with Crippen molar-refractivity contribution in [3.8, 4) is 0 Å². The van der Waals surface area contributed by atoms with E-state index in [2.05, 4.69) is 40.4 Å². The zero-order valence-corrected chi connectivity index (χ0v) is 22.8. The molecule has 2 aliphatic rings. The van der Waals surface area contributed by atoms with Crippen molar-refractivity contribution in [1.29, 1.82) is 0 Å². The van der Waals surface area contributed by atoms with E-state index in [1.807, 2.05) is 0 Å². The number of aryl methyl sites for hydroxylation is 1. The van der Waals surface area contributed by atoms with Crippen LogP contribution >= 0.6 is 0 Å². The quantitative estimate of drug-likeness (QED) is 0.330. The maximum Gasteiger partial charge on any atom is 0.414 e. The van der Waals surface area contributed by atoms with Gasteiger partial charge >= 0.3 is 6.18 Å². The van der Waals surface area contributed by atoms with Crippen LogP contribution in [0.25, 0.3) is 5.65 Å². The van der Waals surface area contributed by atoms with Crippen molar-refractivity contribution in [1.82, 2.24) is 35.5 Å². The molecule has 3 atom stereocenters. The molecule has 2 fully saturated rings. The largest absolute Gasteiger partial charge is 0.414 e. The third-order valence-corrected chi connectivity index (χ3v) is 7.76. The van der Waals surface area contributed by atoms with Crippen LogP contribution in [-0.4, -0.2) is 61.5 Å². The summed E-state index contributed by atoms with van der Waals surface area (Å²) in [6, 6.07) is 0.443. The number of halogens is 5. The van der Waals surface area contributed by atoms with Crippen LogP contribution in [0.5, 0.6) is 0 Å². The number of carbonyl (C=O) groups excluding carboxylic acids is 2. The molecule has 2 amide bonds. The van der Waals surface area contributed by atoms with Crippen molar-refractivity contribution in [2.45, 2.75) is 82.7 Å². The fourth-order valence-electron chi connectivity index (χ4n) is 5.12. The van der Waals surface area contributed by atoms with Gasteiger partial charge in [0.2, 0.25) is 11.8 Å². The summed E-state index contributed by atoms with van der Waals surface area (Å²) in [7, 11) is 0. The number of nitrogens with one attached hydrogen (secondary N) is 2. The first-order valence-electron chi connectivity index (χ1n) is 13.6. The number of amides is 2. The molecule has 228 valence electrons. The van der Waals surface area contributed by atoms with Gasteiger partial charge in [0.05, 0.1) is 30.2 Å². The summed E-state index contributed by atoms with van der Waals surface area (Å²) in [5.74, 6) is -4.31. The lowest BCUT2D eigenvalue weighted by Crippen LogP contribution is -2.37. The average molecular weight is 600 g/mol. The number of carbonyl (C=O) groups is 2. The third kappa shape index (κ3) is 6.85. The van der Waals surface area contributed by atoms with Crippen LogP contribution in [0.1, 0.15) is 85.0 Å². The first-order valence-corrected chi connectivity index (χ1v) is 13.6. The second kappa shape index (κ2) is 11.5. The number of fused-ring (bicyclic) bond motifs is 1. The minimum atomic E-state index is -4.58. The highest BCUT2D eigenvalue weighted by molar-refractivity contribution is 5.93. The topological polar surface area (TPSA) is 137 Å². The summed E-state index contributed by atoms with van der Waals surface area (Å²) in [5.41, 5.74) is 1.63.